The first kappa shape index (κ1) is 24.7. The van der Waals surface area contributed by atoms with E-state index in [-0.39, 0.29) is 23.7 Å². The van der Waals surface area contributed by atoms with Gasteiger partial charge in [0, 0.05) is 42.3 Å². The molecule has 11 nitrogen and oxygen atoms in total. The molecule has 0 saturated carbocycles. The highest BCUT2D eigenvalue weighted by Gasteiger charge is 2.24. The Labute approximate surface area is 215 Å². The maximum atomic E-state index is 12.9. The molecule has 1 saturated heterocycles. The Morgan fingerprint density at radius 3 is 2.57 bits per heavy atom. The predicted molar refractivity (Wildman–Crippen MR) is 142 cm³/mol. The molecule has 4 aromatic heterocycles. The minimum atomic E-state index is -0.347. The number of aromatic nitrogens is 7. The highest BCUT2D eigenvalue weighted by atomic mass is 16.2. The monoisotopic (exact) mass is 500 g/mol. The summed E-state index contributed by atoms with van der Waals surface area (Å²) in [6, 6.07) is 4.79. The SMILES string of the molecule is CC(C)Nc1cncc(-c2cnc3cnc(NC(=O)c4cn(C5CCN(C(C)C)CC5)nn4)cc3c2)n1. The molecule has 192 valence electrons. The molecule has 11 heteroatoms. The van der Waals surface area contributed by atoms with E-state index in [1.165, 1.54) is 0 Å². The minimum Gasteiger partial charge on any atom is -0.367 e. The number of nitrogens with zero attached hydrogens (tertiary/aromatic N) is 8. The van der Waals surface area contributed by atoms with Crippen molar-refractivity contribution >= 4 is 28.4 Å². The molecule has 5 heterocycles. The van der Waals surface area contributed by atoms with Gasteiger partial charge in [-0.15, -0.1) is 5.10 Å². The number of pyridine rings is 2. The molecule has 1 amide bonds. The minimum absolute atomic E-state index is 0.246. The summed E-state index contributed by atoms with van der Waals surface area (Å²) in [6.45, 7) is 10.6. The quantitative estimate of drug-likeness (QED) is 0.389. The van der Waals surface area contributed by atoms with Crippen molar-refractivity contribution in [2.75, 3.05) is 23.7 Å². The third kappa shape index (κ3) is 5.72. The van der Waals surface area contributed by atoms with E-state index in [0.29, 0.717) is 28.9 Å². The van der Waals surface area contributed by atoms with Crippen LogP contribution >= 0.6 is 0 Å². The van der Waals surface area contributed by atoms with Crippen LogP contribution in [0.4, 0.5) is 11.6 Å². The molecule has 0 unspecified atom stereocenters. The highest BCUT2D eigenvalue weighted by molar-refractivity contribution is 6.02. The number of nitrogens with one attached hydrogen (secondary N) is 2. The van der Waals surface area contributed by atoms with Gasteiger partial charge in [-0.25, -0.2) is 14.6 Å². The zero-order chi connectivity index (χ0) is 25.9. The van der Waals surface area contributed by atoms with Crippen LogP contribution in [-0.2, 0) is 0 Å². The van der Waals surface area contributed by atoms with Gasteiger partial charge >= 0.3 is 0 Å². The number of anilines is 2. The molecule has 0 spiro atoms. The number of carbonyl (C=O) groups is 1. The molecule has 1 aliphatic rings. The molecule has 2 N–H and O–H groups in total. The maximum absolute atomic E-state index is 12.9. The van der Waals surface area contributed by atoms with Crippen molar-refractivity contribution in [3.63, 3.8) is 0 Å². The van der Waals surface area contributed by atoms with Gasteiger partial charge in [-0.1, -0.05) is 5.21 Å². The second-order valence-electron chi connectivity index (χ2n) is 9.97. The van der Waals surface area contributed by atoms with E-state index in [4.69, 9.17) is 0 Å². The molecule has 0 radical (unpaired) electrons. The Kier molecular flexibility index (Phi) is 7.04. The molecule has 37 heavy (non-hydrogen) atoms. The van der Waals surface area contributed by atoms with E-state index < -0.39 is 0 Å². The van der Waals surface area contributed by atoms with Crippen molar-refractivity contribution in [3.8, 4) is 11.3 Å². The molecule has 1 fully saturated rings. The van der Waals surface area contributed by atoms with Crippen LogP contribution in [0.3, 0.4) is 0 Å². The van der Waals surface area contributed by atoms with Crippen molar-refractivity contribution in [2.24, 2.45) is 0 Å². The third-order valence-corrected chi connectivity index (χ3v) is 6.52. The van der Waals surface area contributed by atoms with E-state index in [1.54, 1.807) is 37.1 Å². The Balaban J connectivity index is 1.29. The van der Waals surface area contributed by atoms with Crippen molar-refractivity contribution in [3.05, 3.63) is 48.8 Å². The van der Waals surface area contributed by atoms with Crippen molar-refractivity contribution in [1.29, 1.82) is 0 Å². The van der Waals surface area contributed by atoms with Crippen LogP contribution < -0.4 is 10.6 Å². The first-order chi connectivity index (χ1) is 17.9. The lowest BCUT2D eigenvalue weighted by Crippen LogP contribution is -2.39. The zero-order valence-electron chi connectivity index (χ0n) is 21.6. The molecule has 1 aliphatic heterocycles. The van der Waals surface area contributed by atoms with E-state index in [1.807, 2.05) is 24.6 Å². The molecule has 0 aliphatic carbocycles. The van der Waals surface area contributed by atoms with Crippen LogP contribution in [-0.4, -0.2) is 70.9 Å². The average Bonchev–Trinajstić information content (AvgIpc) is 3.39. The van der Waals surface area contributed by atoms with Gasteiger partial charge in [0.1, 0.15) is 11.6 Å². The van der Waals surface area contributed by atoms with Crippen molar-refractivity contribution < 1.29 is 4.79 Å². The zero-order valence-corrected chi connectivity index (χ0v) is 21.6. The molecule has 5 rings (SSSR count). The fourth-order valence-corrected chi connectivity index (χ4v) is 4.52. The van der Waals surface area contributed by atoms with Crippen LogP contribution in [0.5, 0.6) is 0 Å². The molecule has 0 aromatic carbocycles. The topological polar surface area (TPSA) is 127 Å². The molecule has 4 aromatic rings. The number of carbonyl (C=O) groups excluding carboxylic acids is 1. The largest absolute Gasteiger partial charge is 0.367 e. The highest BCUT2D eigenvalue weighted by Crippen LogP contribution is 2.25. The predicted octanol–water partition coefficient (Wildman–Crippen LogP) is 3.80. The summed E-state index contributed by atoms with van der Waals surface area (Å²) in [5.41, 5.74) is 2.51. The van der Waals surface area contributed by atoms with Gasteiger partial charge < -0.3 is 15.5 Å². The van der Waals surface area contributed by atoms with Gasteiger partial charge in [-0.05, 0) is 52.7 Å². The van der Waals surface area contributed by atoms with E-state index in [9.17, 15) is 4.79 Å². The Morgan fingerprint density at radius 2 is 1.81 bits per heavy atom. The molecule has 0 atom stereocenters. The summed E-state index contributed by atoms with van der Waals surface area (Å²) < 4.78 is 1.82. The van der Waals surface area contributed by atoms with Crippen LogP contribution in [0.1, 0.15) is 57.1 Å². The van der Waals surface area contributed by atoms with Crippen molar-refractivity contribution in [2.45, 2.75) is 58.7 Å². The first-order valence-electron chi connectivity index (χ1n) is 12.7. The second kappa shape index (κ2) is 10.6. The summed E-state index contributed by atoms with van der Waals surface area (Å²) in [4.78, 5) is 33.1. The average molecular weight is 501 g/mol. The fraction of sp³-hybridized carbons (Fsp3) is 0.423. The van der Waals surface area contributed by atoms with Gasteiger partial charge in [0.2, 0.25) is 0 Å². The lowest BCUT2D eigenvalue weighted by Gasteiger charge is -2.34. The Bertz CT molecular complexity index is 1390. The summed E-state index contributed by atoms with van der Waals surface area (Å²) in [7, 11) is 0. The summed E-state index contributed by atoms with van der Waals surface area (Å²) >= 11 is 0. The van der Waals surface area contributed by atoms with Crippen LogP contribution in [0, 0.1) is 0 Å². The number of likely N-dealkylation sites (tertiary alicyclic amines) is 1. The molecular formula is C26H32N10O. The van der Waals surface area contributed by atoms with E-state index >= 15 is 0 Å². The third-order valence-electron chi connectivity index (χ3n) is 6.52. The van der Waals surface area contributed by atoms with E-state index in [2.05, 4.69) is 59.6 Å². The van der Waals surface area contributed by atoms with Gasteiger partial charge in [-0.2, -0.15) is 0 Å². The van der Waals surface area contributed by atoms with Gasteiger partial charge in [0.25, 0.3) is 5.91 Å². The maximum Gasteiger partial charge on any atom is 0.278 e. The number of hydrogen-bond donors (Lipinski definition) is 2. The lowest BCUT2D eigenvalue weighted by atomic mass is 10.0. The Hall–Kier alpha value is -3.99. The number of rotatable bonds is 7. The first-order valence-corrected chi connectivity index (χ1v) is 12.7. The Morgan fingerprint density at radius 1 is 1.00 bits per heavy atom. The van der Waals surface area contributed by atoms with Crippen LogP contribution in [0.15, 0.2) is 43.1 Å². The lowest BCUT2D eigenvalue weighted by molar-refractivity contribution is 0.102. The molecular weight excluding hydrogens is 468 g/mol. The summed E-state index contributed by atoms with van der Waals surface area (Å²) in [5, 5.41) is 15.3. The normalized spacial score (nSPS) is 15.0. The summed E-state index contributed by atoms with van der Waals surface area (Å²) in [6.07, 6.45) is 10.5. The van der Waals surface area contributed by atoms with E-state index in [0.717, 1.165) is 36.9 Å². The fourth-order valence-electron chi connectivity index (χ4n) is 4.52. The van der Waals surface area contributed by atoms with Gasteiger partial charge in [-0.3, -0.25) is 14.8 Å². The van der Waals surface area contributed by atoms with Crippen molar-refractivity contribution in [1.82, 2.24) is 39.8 Å². The number of fused-ring (bicyclic) bond motifs is 1. The van der Waals surface area contributed by atoms with Crippen LogP contribution in [0.2, 0.25) is 0 Å². The number of amides is 1. The molecule has 0 bridgehead atoms. The van der Waals surface area contributed by atoms with Gasteiger partial charge in [0.15, 0.2) is 5.69 Å². The standard InChI is InChI=1S/C26H32N10O/c1-16(2)30-25-14-27-12-22(31-25)19-9-18-10-24(29-13-21(18)28-11-19)32-26(37)23-15-36(34-33-23)20-5-7-35(8-6-20)17(3)4/h9-17,20H,5-8H2,1-4H3,(H,30,31)(H,29,32,37). The second-order valence-corrected chi connectivity index (χ2v) is 9.97. The van der Waals surface area contributed by atoms with Gasteiger partial charge in [0.05, 0.1) is 42.0 Å². The smallest absolute Gasteiger partial charge is 0.278 e. The van der Waals surface area contributed by atoms with Crippen LogP contribution in [0.25, 0.3) is 22.2 Å². The number of piperidine rings is 1. The summed E-state index contributed by atoms with van der Waals surface area (Å²) in [5.74, 6) is 0.770. The number of hydrogen-bond acceptors (Lipinski definition) is 9.